The molecule has 0 aromatic heterocycles. The molecule has 0 atom stereocenters. The molecular weight excluding hydrogens is 290 g/mol. The van der Waals surface area contributed by atoms with Crippen LogP contribution in [-0.4, -0.2) is 38.9 Å². The molecule has 0 aliphatic carbocycles. The molecule has 4 nitrogen and oxygen atoms in total. The van der Waals surface area contributed by atoms with Crippen LogP contribution >= 0.6 is 11.6 Å². The van der Waals surface area contributed by atoms with E-state index in [2.05, 4.69) is 0 Å². The van der Waals surface area contributed by atoms with Crippen LogP contribution in [0.5, 0.6) is 11.5 Å². The second-order valence-corrected chi connectivity index (χ2v) is 5.53. The van der Waals surface area contributed by atoms with E-state index in [1.807, 2.05) is 45.9 Å². The molecule has 0 saturated carbocycles. The van der Waals surface area contributed by atoms with Gasteiger partial charge in [0.15, 0.2) is 11.5 Å². The molecule has 0 heterocycles. The van der Waals surface area contributed by atoms with Gasteiger partial charge in [-0.25, -0.2) is 0 Å². The van der Waals surface area contributed by atoms with E-state index in [9.17, 15) is 0 Å². The quantitative estimate of drug-likeness (QED) is 0.519. The molecule has 1 rings (SSSR count). The topological polar surface area (TPSA) is 36.9 Å². The Hall–Kier alpha value is -0.905. The van der Waals surface area contributed by atoms with Gasteiger partial charge in [-0.15, -0.1) is 11.6 Å². The maximum absolute atomic E-state index is 5.83. The monoisotopic (exact) mass is 314 g/mol. The summed E-state index contributed by atoms with van der Waals surface area (Å²) in [7, 11) is 1.18. The van der Waals surface area contributed by atoms with Crippen LogP contribution in [0.15, 0.2) is 18.2 Å². The van der Waals surface area contributed by atoms with Gasteiger partial charge < -0.3 is 18.8 Å². The minimum atomic E-state index is -0.430. The summed E-state index contributed by atoms with van der Waals surface area (Å²) < 4.78 is 22.6. The van der Waals surface area contributed by atoms with Crippen molar-refractivity contribution in [3.8, 4) is 11.5 Å². The first kappa shape index (κ1) is 18.1. The molecule has 0 bridgehead atoms. The third kappa shape index (κ3) is 6.16. The van der Waals surface area contributed by atoms with Gasteiger partial charge in [-0.3, -0.25) is 0 Å². The molecule has 0 fully saturated rings. The van der Waals surface area contributed by atoms with Crippen molar-refractivity contribution in [2.24, 2.45) is 0 Å². The van der Waals surface area contributed by atoms with Crippen molar-refractivity contribution < 1.29 is 18.8 Å². The van der Waals surface area contributed by atoms with Crippen LogP contribution in [0, 0.1) is 0 Å². The molecule has 0 spiro atoms. The molecule has 21 heavy (non-hydrogen) atoms. The summed E-state index contributed by atoms with van der Waals surface area (Å²) in [5.74, 6) is 1.73. The van der Waals surface area contributed by atoms with Crippen molar-refractivity contribution in [3.63, 3.8) is 0 Å². The van der Waals surface area contributed by atoms with Crippen LogP contribution in [-0.2, 0) is 9.31 Å². The van der Waals surface area contributed by atoms with E-state index >= 15 is 0 Å². The lowest BCUT2D eigenvalue weighted by Crippen LogP contribution is -2.40. The minimum Gasteiger partial charge on any atom is -0.493 e. The van der Waals surface area contributed by atoms with Crippen molar-refractivity contribution in [1.82, 2.24) is 0 Å². The van der Waals surface area contributed by atoms with Gasteiger partial charge in [-0.05, 0) is 45.3 Å². The first-order valence-electron chi connectivity index (χ1n) is 7.15. The highest BCUT2D eigenvalue weighted by Crippen LogP contribution is 2.25. The summed E-state index contributed by atoms with van der Waals surface area (Å²) in [5.41, 5.74) is 0.896. The van der Waals surface area contributed by atoms with E-state index < -0.39 is 7.12 Å². The molecule has 0 radical (unpaired) electrons. The average molecular weight is 315 g/mol. The van der Waals surface area contributed by atoms with Gasteiger partial charge in [0.2, 0.25) is 0 Å². The summed E-state index contributed by atoms with van der Waals surface area (Å²) in [4.78, 5) is 0. The first-order chi connectivity index (χ1) is 9.97. The van der Waals surface area contributed by atoms with Gasteiger partial charge >= 0.3 is 7.12 Å². The fraction of sp³-hybridized carbons (Fsp3) is 0.600. The number of halogens is 1. The van der Waals surface area contributed by atoms with Crippen molar-refractivity contribution in [2.45, 2.75) is 39.9 Å². The van der Waals surface area contributed by atoms with Crippen molar-refractivity contribution >= 4 is 24.2 Å². The van der Waals surface area contributed by atoms with Gasteiger partial charge in [0, 0.05) is 12.2 Å². The zero-order valence-electron chi connectivity index (χ0n) is 13.4. The highest BCUT2D eigenvalue weighted by atomic mass is 35.5. The Morgan fingerprint density at radius 1 is 1.05 bits per heavy atom. The second kappa shape index (κ2) is 9.18. The zero-order chi connectivity index (χ0) is 15.8. The van der Waals surface area contributed by atoms with Crippen LogP contribution in [0.1, 0.15) is 27.7 Å². The van der Waals surface area contributed by atoms with Gasteiger partial charge in [0.25, 0.3) is 0 Å². The zero-order valence-corrected chi connectivity index (χ0v) is 14.1. The van der Waals surface area contributed by atoms with Crippen molar-refractivity contribution in [1.29, 1.82) is 0 Å². The lowest BCUT2D eigenvalue weighted by atomic mass is 9.78. The number of alkyl halides is 1. The summed E-state index contributed by atoms with van der Waals surface area (Å²) in [6.45, 7) is 8.35. The van der Waals surface area contributed by atoms with Crippen LogP contribution in [0.4, 0.5) is 0 Å². The number of methoxy groups -OCH3 is 1. The number of ether oxygens (including phenoxy) is 2. The number of hydrogen-bond donors (Lipinski definition) is 0. The predicted molar refractivity (Wildman–Crippen MR) is 87.0 cm³/mol. The van der Waals surface area contributed by atoms with Gasteiger partial charge in [-0.1, -0.05) is 6.07 Å². The van der Waals surface area contributed by atoms with Crippen LogP contribution < -0.4 is 14.9 Å². The number of benzene rings is 1. The molecule has 0 aliphatic heterocycles. The Kier molecular flexibility index (Phi) is 7.93. The van der Waals surface area contributed by atoms with Gasteiger partial charge in [-0.2, -0.15) is 0 Å². The van der Waals surface area contributed by atoms with Crippen molar-refractivity contribution in [3.05, 3.63) is 18.2 Å². The SMILES string of the molecule is COc1cc(B(OC(C)C)OC(C)C)ccc1OCCCl. The lowest BCUT2D eigenvalue weighted by Gasteiger charge is -2.20. The molecule has 0 N–H and O–H groups in total. The second-order valence-electron chi connectivity index (χ2n) is 5.15. The van der Waals surface area contributed by atoms with Crippen LogP contribution in [0.25, 0.3) is 0 Å². The van der Waals surface area contributed by atoms with E-state index in [-0.39, 0.29) is 12.2 Å². The van der Waals surface area contributed by atoms with E-state index in [0.29, 0.717) is 24.0 Å². The Bertz CT molecular complexity index is 416. The van der Waals surface area contributed by atoms with E-state index in [1.165, 1.54) is 0 Å². The molecule has 0 saturated heterocycles. The molecule has 1 aromatic carbocycles. The molecule has 0 amide bonds. The molecule has 0 aliphatic rings. The summed E-state index contributed by atoms with van der Waals surface area (Å²) in [6.07, 6.45) is 0.124. The summed E-state index contributed by atoms with van der Waals surface area (Å²) >= 11 is 5.64. The Labute approximate surface area is 132 Å². The van der Waals surface area contributed by atoms with E-state index in [4.69, 9.17) is 30.4 Å². The molecule has 0 unspecified atom stereocenters. The molecule has 1 aromatic rings. The maximum atomic E-state index is 5.83. The standard InChI is InChI=1S/C15H24BClO4/c1-11(2)20-16(21-12(3)4)13-6-7-14(19-9-8-17)15(10-13)18-5/h6-7,10-12H,8-9H2,1-5H3. The number of rotatable bonds is 9. The Morgan fingerprint density at radius 2 is 1.67 bits per heavy atom. The van der Waals surface area contributed by atoms with Crippen LogP contribution in [0.2, 0.25) is 0 Å². The molecular formula is C15H24BClO4. The molecule has 6 heteroatoms. The predicted octanol–water partition coefficient (Wildman–Crippen LogP) is 2.86. The smallest absolute Gasteiger partial charge is 0.493 e. The highest BCUT2D eigenvalue weighted by molar-refractivity contribution is 6.61. The largest absolute Gasteiger partial charge is 0.494 e. The van der Waals surface area contributed by atoms with Gasteiger partial charge in [0.05, 0.1) is 13.0 Å². The average Bonchev–Trinajstić information content (AvgIpc) is 2.43. The number of hydrogen-bond acceptors (Lipinski definition) is 4. The maximum Gasteiger partial charge on any atom is 0.494 e. The third-order valence-corrected chi connectivity index (χ3v) is 2.74. The van der Waals surface area contributed by atoms with Gasteiger partial charge in [0.1, 0.15) is 6.61 Å². The lowest BCUT2D eigenvalue weighted by molar-refractivity contribution is 0.139. The fourth-order valence-electron chi connectivity index (χ4n) is 1.78. The Morgan fingerprint density at radius 3 is 2.14 bits per heavy atom. The van der Waals surface area contributed by atoms with Crippen LogP contribution in [0.3, 0.4) is 0 Å². The fourth-order valence-corrected chi connectivity index (χ4v) is 1.86. The van der Waals surface area contributed by atoms with E-state index in [1.54, 1.807) is 7.11 Å². The summed E-state index contributed by atoms with van der Waals surface area (Å²) in [6, 6.07) is 5.64. The van der Waals surface area contributed by atoms with E-state index in [0.717, 1.165) is 5.46 Å². The normalized spacial score (nSPS) is 11.0. The molecule has 118 valence electrons. The third-order valence-electron chi connectivity index (χ3n) is 2.59. The highest BCUT2D eigenvalue weighted by Gasteiger charge is 2.25. The Balaban J connectivity index is 2.97. The summed E-state index contributed by atoms with van der Waals surface area (Å²) in [5, 5.41) is 0. The van der Waals surface area contributed by atoms with Crippen molar-refractivity contribution in [2.75, 3.05) is 19.6 Å². The first-order valence-corrected chi connectivity index (χ1v) is 7.69. The minimum absolute atomic E-state index is 0.0620.